The zero-order chi connectivity index (χ0) is 24.5. The van der Waals surface area contributed by atoms with Crippen LogP contribution in [-0.4, -0.2) is 60.5 Å². The van der Waals surface area contributed by atoms with Gasteiger partial charge in [0.2, 0.25) is 5.82 Å². The summed E-state index contributed by atoms with van der Waals surface area (Å²) in [7, 11) is 0. The first kappa shape index (κ1) is 23.3. The highest BCUT2D eigenvalue weighted by molar-refractivity contribution is 5.68. The van der Waals surface area contributed by atoms with Gasteiger partial charge in [-0.1, -0.05) is 0 Å². The smallest absolute Gasteiger partial charge is 0.410 e. The van der Waals surface area contributed by atoms with E-state index >= 15 is 0 Å². The fourth-order valence-corrected chi connectivity index (χ4v) is 3.85. The van der Waals surface area contributed by atoms with Crippen LogP contribution >= 0.6 is 0 Å². The third-order valence-corrected chi connectivity index (χ3v) is 5.39. The number of aromatic nitrogens is 4. The molecule has 1 N–H and O–H groups in total. The number of amides is 1. The van der Waals surface area contributed by atoms with E-state index in [1.807, 2.05) is 20.8 Å². The van der Waals surface area contributed by atoms with Gasteiger partial charge in [-0.25, -0.2) is 24.1 Å². The van der Waals surface area contributed by atoms with Crippen LogP contribution in [0.2, 0.25) is 0 Å². The number of hydrogen-bond donors (Lipinski definition) is 1. The lowest BCUT2D eigenvalue weighted by atomic mass is 9.98. The normalized spacial score (nSPS) is 16.5. The summed E-state index contributed by atoms with van der Waals surface area (Å²) in [6.07, 6.45) is 5.15. The highest BCUT2D eigenvalue weighted by Gasteiger charge is 2.28. The number of nitrogens with zero attached hydrogens (tertiary/aromatic N) is 6. The summed E-state index contributed by atoms with van der Waals surface area (Å²) in [4.78, 5) is 37.7. The quantitative estimate of drug-likeness (QED) is 0.438. The first-order valence-corrected chi connectivity index (χ1v) is 11.0. The van der Waals surface area contributed by atoms with Gasteiger partial charge in [0.1, 0.15) is 29.0 Å². The van der Waals surface area contributed by atoms with Crippen LogP contribution in [0.1, 0.15) is 33.6 Å². The van der Waals surface area contributed by atoms with Crippen molar-refractivity contribution in [2.45, 2.75) is 39.2 Å². The highest BCUT2D eigenvalue weighted by Crippen LogP contribution is 2.27. The van der Waals surface area contributed by atoms with Gasteiger partial charge < -0.3 is 15.0 Å². The summed E-state index contributed by atoms with van der Waals surface area (Å²) < 4.78 is 20.7. The number of fused-ring (bicyclic) bond motifs is 1. The van der Waals surface area contributed by atoms with Crippen molar-refractivity contribution in [3.05, 3.63) is 46.7 Å². The molecule has 180 valence electrons. The number of carbonyl (C=O) groups excluding carboxylic acids is 1. The van der Waals surface area contributed by atoms with E-state index in [4.69, 9.17) is 4.74 Å². The van der Waals surface area contributed by atoms with Gasteiger partial charge in [0.05, 0.1) is 11.1 Å². The summed E-state index contributed by atoms with van der Waals surface area (Å²) in [6.45, 7) is 6.90. The number of imidazole rings is 1. The number of rotatable bonds is 5. The number of nitrogens with one attached hydrogen (secondary N) is 1. The molecule has 0 aliphatic carbocycles. The molecule has 4 heterocycles. The van der Waals surface area contributed by atoms with Crippen LogP contribution in [0.5, 0.6) is 0 Å². The van der Waals surface area contributed by atoms with Gasteiger partial charge in [-0.15, -0.1) is 0 Å². The standard InChI is InChI=1S/C22H26FN7O4/c1-22(2,3)34-21(31)28-8-4-5-14(12-28)9-25-20-17(30(32)33)11-26-19(27-20)16-10-24-18-7-6-15(23)13-29(16)18/h6-7,10-11,13-14H,4-5,8-9,12H2,1-3H3,(H,25,26,27)/t14-/m1/s1. The van der Waals surface area contributed by atoms with Crippen molar-refractivity contribution in [1.29, 1.82) is 0 Å². The second-order valence-corrected chi connectivity index (χ2v) is 9.22. The first-order valence-electron chi connectivity index (χ1n) is 11.0. The molecule has 3 aromatic heterocycles. The Morgan fingerprint density at radius 1 is 1.32 bits per heavy atom. The topological polar surface area (TPSA) is 128 Å². The average Bonchev–Trinajstić information content (AvgIpc) is 3.19. The van der Waals surface area contributed by atoms with Crippen molar-refractivity contribution < 1.29 is 18.8 Å². The Labute approximate surface area is 195 Å². The van der Waals surface area contributed by atoms with Crippen molar-refractivity contribution in [3.8, 4) is 11.5 Å². The molecular formula is C22H26FN7O4. The Morgan fingerprint density at radius 2 is 2.12 bits per heavy atom. The Hall–Kier alpha value is -3.83. The molecule has 0 radical (unpaired) electrons. The minimum Gasteiger partial charge on any atom is -0.444 e. The fourth-order valence-electron chi connectivity index (χ4n) is 3.85. The maximum atomic E-state index is 13.7. The first-order chi connectivity index (χ1) is 16.1. The zero-order valence-corrected chi connectivity index (χ0v) is 19.2. The second-order valence-electron chi connectivity index (χ2n) is 9.22. The number of hydrogen-bond acceptors (Lipinski definition) is 8. The molecule has 11 nitrogen and oxygen atoms in total. The van der Waals surface area contributed by atoms with Crippen LogP contribution < -0.4 is 5.32 Å². The third-order valence-electron chi connectivity index (χ3n) is 5.39. The minimum absolute atomic E-state index is 0.0516. The number of carbonyl (C=O) groups is 1. The molecule has 0 bridgehead atoms. The largest absolute Gasteiger partial charge is 0.444 e. The molecule has 3 aromatic rings. The maximum absolute atomic E-state index is 13.7. The van der Waals surface area contributed by atoms with Gasteiger partial charge in [0.15, 0.2) is 5.82 Å². The van der Waals surface area contributed by atoms with Gasteiger partial charge >= 0.3 is 11.8 Å². The van der Waals surface area contributed by atoms with Gasteiger partial charge in [0.25, 0.3) is 0 Å². The predicted octanol–water partition coefficient (Wildman–Crippen LogP) is 3.90. The molecule has 1 aliphatic heterocycles. The van der Waals surface area contributed by atoms with E-state index in [-0.39, 0.29) is 29.3 Å². The van der Waals surface area contributed by atoms with E-state index in [9.17, 15) is 19.3 Å². The number of nitro groups is 1. The lowest BCUT2D eigenvalue weighted by molar-refractivity contribution is -0.384. The Balaban J connectivity index is 1.52. The van der Waals surface area contributed by atoms with Crippen molar-refractivity contribution in [2.24, 2.45) is 5.92 Å². The van der Waals surface area contributed by atoms with Crippen LogP contribution in [0.25, 0.3) is 17.2 Å². The van der Waals surface area contributed by atoms with Gasteiger partial charge in [-0.2, -0.15) is 0 Å². The van der Waals surface area contributed by atoms with E-state index in [0.717, 1.165) is 19.0 Å². The van der Waals surface area contributed by atoms with Crippen molar-refractivity contribution >= 4 is 23.2 Å². The molecule has 0 spiro atoms. The molecule has 4 rings (SSSR count). The Morgan fingerprint density at radius 3 is 2.85 bits per heavy atom. The monoisotopic (exact) mass is 471 g/mol. The van der Waals surface area contributed by atoms with Gasteiger partial charge in [-0.05, 0) is 51.7 Å². The van der Waals surface area contributed by atoms with E-state index in [1.165, 1.54) is 28.9 Å². The molecule has 1 amide bonds. The maximum Gasteiger partial charge on any atom is 0.410 e. The van der Waals surface area contributed by atoms with Crippen LogP contribution in [0.4, 0.5) is 20.7 Å². The summed E-state index contributed by atoms with van der Waals surface area (Å²) in [5.41, 5.74) is 0.0446. The lowest BCUT2D eigenvalue weighted by Gasteiger charge is -2.34. The Kier molecular flexibility index (Phi) is 6.31. The minimum atomic E-state index is -0.582. The number of ether oxygens (including phenoxy) is 1. The molecule has 0 aromatic carbocycles. The molecule has 1 atom stereocenters. The van der Waals surface area contributed by atoms with E-state index in [0.29, 0.717) is 31.0 Å². The number of pyridine rings is 1. The summed E-state index contributed by atoms with van der Waals surface area (Å²) in [5.74, 6) is -0.177. The van der Waals surface area contributed by atoms with Crippen LogP contribution in [0.3, 0.4) is 0 Å². The van der Waals surface area contributed by atoms with Crippen LogP contribution in [-0.2, 0) is 4.74 Å². The summed E-state index contributed by atoms with van der Waals surface area (Å²) in [5, 5.41) is 14.6. The fraction of sp³-hybridized carbons (Fsp3) is 0.455. The number of anilines is 1. The number of halogens is 1. The molecule has 1 aliphatic rings. The molecule has 0 saturated carbocycles. The van der Waals surface area contributed by atoms with E-state index in [2.05, 4.69) is 20.3 Å². The van der Waals surface area contributed by atoms with Crippen molar-refractivity contribution in [2.75, 3.05) is 25.0 Å². The van der Waals surface area contributed by atoms with Crippen molar-refractivity contribution in [3.63, 3.8) is 0 Å². The number of piperidine rings is 1. The second kappa shape index (κ2) is 9.20. The lowest BCUT2D eigenvalue weighted by Crippen LogP contribution is -2.44. The molecule has 34 heavy (non-hydrogen) atoms. The highest BCUT2D eigenvalue weighted by atomic mass is 19.1. The summed E-state index contributed by atoms with van der Waals surface area (Å²) in [6, 6.07) is 2.81. The van der Waals surface area contributed by atoms with Crippen molar-refractivity contribution in [1.82, 2.24) is 24.3 Å². The van der Waals surface area contributed by atoms with E-state index in [1.54, 1.807) is 4.90 Å². The summed E-state index contributed by atoms with van der Waals surface area (Å²) >= 11 is 0. The number of likely N-dealkylation sites (tertiary alicyclic amines) is 1. The van der Waals surface area contributed by atoms with E-state index < -0.39 is 16.3 Å². The average molecular weight is 471 g/mol. The molecule has 0 unspecified atom stereocenters. The molecule has 1 saturated heterocycles. The molecular weight excluding hydrogens is 445 g/mol. The molecule has 1 fully saturated rings. The van der Waals surface area contributed by atoms with Crippen LogP contribution in [0, 0.1) is 21.8 Å². The SMILES string of the molecule is CC(C)(C)OC(=O)N1CCC[C@H](CNc2nc(-c3cnc4ccc(F)cn34)ncc2[N+](=O)[O-])C1. The Bertz CT molecular complexity index is 1220. The molecule has 12 heteroatoms. The van der Waals surface area contributed by atoms with Gasteiger partial charge in [-0.3, -0.25) is 14.5 Å². The van der Waals surface area contributed by atoms with Crippen LogP contribution in [0.15, 0.2) is 30.7 Å². The van der Waals surface area contributed by atoms with Gasteiger partial charge in [0, 0.05) is 25.8 Å². The third kappa shape index (κ3) is 5.21. The zero-order valence-electron chi connectivity index (χ0n) is 19.2. The predicted molar refractivity (Wildman–Crippen MR) is 122 cm³/mol.